The number of hydrogen-bond acceptors (Lipinski definition) is 4. The minimum Gasteiger partial charge on any atom is -0.330 e. The third-order valence-corrected chi connectivity index (χ3v) is 4.27. The molecule has 3 rings (SSSR count). The zero-order chi connectivity index (χ0) is 13.9. The highest BCUT2D eigenvalue weighted by Crippen LogP contribution is 2.31. The Morgan fingerprint density at radius 2 is 1.85 bits per heavy atom. The van der Waals surface area contributed by atoms with Crippen molar-refractivity contribution in [2.75, 3.05) is 6.54 Å². The Bertz CT molecular complexity index is 706. The Kier molecular flexibility index (Phi) is 3.78. The molecule has 1 unspecified atom stereocenters. The van der Waals surface area contributed by atoms with Crippen molar-refractivity contribution in [2.45, 2.75) is 12.5 Å². The number of fused-ring (bicyclic) bond motifs is 1. The molecule has 4 N–H and O–H groups in total. The van der Waals surface area contributed by atoms with Gasteiger partial charge in [-0.1, -0.05) is 36.4 Å². The third-order valence-electron chi connectivity index (χ3n) is 3.43. The fraction of sp³-hybridized carbons (Fsp3) is 0.188. The fourth-order valence-corrected chi connectivity index (χ4v) is 3.17. The van der Waals surface area contributed by atoms with Crippen LogP contribution in [-0.4, -0.2) is 10.9 Å². The molecule has 2 aromatic carbocycles. The second kappa shape index (κ2) is 5.71. The van der Waals surface area contributed by atoms with E-state index in [0.717, 1.165) is 17.5 Å². The molecular formula is C16H17N3S. The van der Waals surface area contributed by atoms with Gasteiger partial charge in [-0.3, -0.25) is 0 Å². The maximum atomic E-state index is 6.17. The normalized spacial score (nSPS) is 12.7. The molecular weight excluding hydrogens is 266 g/mol. The van der Waals surface area contributed by atoms with Crippen molar-refractivity contribution in [1.29, 1.82) is 0 Å². The first-order valence-electron chi connectivity index (χ1n) is 6.70. The van der Waals surface area contributed by atoms with Gasteiger partial charge in [-0.15, -0.1) is 0 Å². The lowest BCUT2D eigenvalue weighted by Crippen LogP contribution is -2.15. The van der Waals surface area contributed by atoms with Gasteiger partial charge in [0, 0.05) is 11.4 Å². The van der Waals surface area contributed by atoms with E-state index in [1.54, 1.807) is 0 Å². The van der Waals surface area contributed by atoms with Gasteiger partial charge in [0.05, 0.1) is 10.4 Å². The van der Waals surface area contributed by atoms with Gasteiger partial charge < -0.3 is 11.5 Å². The molecule has 0 radical (unpaired) electrons. The average Bonchev–Trinajstić information content (AvgIpc) is 2.91. The van der Waals surface area contributed by atoms with Gasteiger partial charge in [-0.25, -0.2) is 0 Å². The summed E-state index contributed by atoms with van der Waals surface area (Å²) in [4.78, 5) is 0. The first-order chi connectivity index (χ1) is 9.79. The summed E-state index contributed by atoms with van der Waals surface area (Å²) >= 11 is 1.50. The average molecular weight is 283 g/mol. The van der Waals surface area contributed by atoms with Crippen LogP contribution >= 0.6 is 11.5 Å². The van der Waals surface area contributed by atoms with Gasteiger partial charge in [-0.2, -0.15) is 4.37 Å². The second-order valence-corrected chi connectivity index (χ2v) is 5.63. The SMILES string of the molecule is NCCC(N)c1nsc2ccc(-c3ccccc3)cc12. The monoisotopic (exact) mass is 283 g/mol. The van der Waals surface area contributed by atoms with Crippen molar-refractivity contribution >= 4 is 21.6 Å². The summed E-state index contributed by atoms with van der Waals surface area (Å²) in [6.45, 7) is 0.582. The number of benzene rings is 2. The van der Waals surface area contributed by atoms with Crippen LogP contribution in [0.4, 0.5) is 0 Å². The number of nitrogens with two attached hydrogens (primary N) is 2. The molecule has 0 spiro atoms. The molecule has 0 bridgehead atoms. The molecule has 3 nitrogen and oxygen atoms in total. The first kappa shape index (κ1) is 13.2. The summed E-state index contributed by atoms with van der Waals surface area (Å²) < 4.78 is 5.68. The van der Waals surface area contributed by atoms with E-state index in [1.807, 2.05) is 18.2 Å². The van der Waals surface area contributed by atoms with Crippen molar-refractivity contribution in [1.82, 2.24) is 4.37 Å². The van der Waals surface area contributed by atoms with Gasteiger partial charge in [0.1, 0.15) is 0 Å². The molecule has 102 valence electrons. The molecule has 0 aliphatic heterocycles. The van der Waals surface area contributed by atoms with Crippen molar-refractivity contribution in [2.24, 2.45) is 11.5 Å². The molecule has 0 saturated carbocycles. The Hall–Kier alpha value is -1.75. The van der Waals surface area contributed by atoms with E-state index in [1.165, 1.54) is 27.4 Å². The zero-order valence-electron chi connectivity index (χ0n) is 11.1. The van der Waals surface area contributed by atoms with Crippen molar-refractivity contribution in [3.63, 3.8) is 0 Å². The Balaban J connectivity index is 2.08. The molecule has 1 heterocycles. The maximum absolute atomic E-state index is 6.17. The van der Waals surface area contributed by atoms with Gasteiger partial charge in [0.15, 0.2) is 0 Å². The van der Waals surface area contributed by atoms with Crippen LogP contribution in [0.2, 0.25) is 0 Å². The fourth-order valence-electron chi connectivity index (χ4n) is 2.35. The highest BCUT2D eigenvalue weighted by molar-refractivity contribution is 7.13. The number of nitrogens with zero attached hydrogens (tertiary/aromatic N) is 1. The van der Waals surface area contributed by atoms with E-state index >= 15 is 0 Å². The predicted octanol–water partition coefficient (Wildman–Crippen LogP) is 3.31. The molecule has 0 saturated heterocycles. The minimum absolute atomic E-state index is 0.0835. The van der Waals surface area contributed by atoms with Crippen LogP contribution in [0.3, 0.4) is 0 Å². The van der Waals surface area contributed by atoms with Crippen LogP contribution in [0.25, 0.3) is 21.2 Å². The summed E-state index contributed by atoms with van der Waals surface area (Å²) in [6.07, 6.45) is 0.758. The van der Waals surface area contributed by atoms with E-state index in [0.29, 0.717) is 6.54 Å². The van der Waals surface area contributed by atoms with Crippen LogP contribution in [0.15, 0.2) is 48.5 Å². The number of hydrogen-bond donors (Lipinski definition) is 2. The summed E-state index contributed by atoms with van der Waals surface area (Å²) in [5.41, 5.74) is 15.1. The number of aromatic nitrogens is 1. The third kappa shape index (κ3) is 2.45. The Morgan fingerprint density at radius 3 is 2.60 bits per heavy atom. The molecule has 20 heavy (non-hydrogen) atoms. The van der Waals surface area contributed by atoms with E-state index < -0.39 is 0 Å². The second-order valence-electron chi connectivity index (χ2n) is 4.83. The van der Waals surface area contributed by atoms with Gasteiger partial charge in [-0.05, 0) is 47.8 Å². The Morgan fingerprint density at radius 1 is 1.05 bits per heavy atom. The van der Waals surface area contributed by atoms with Crippen LogP contribution in [-0.2, 0) is 0 Å². The summed E-state index contributed by atoms with van der Waals surface area (Å²) in [6, 6.07) is 16.7. The quantitative estimate of drug-likeness (QED) is 0.772. The largest absolute Gasteiger partial charge is 0.330 e. The van der Waals surface area contributed by atoms with Crippen LogP contribution in [0.5, 0.6) is 0 Å². The van der Waals surface area contributed by atoms with Crippen molar-refractivity contribution in [3.8, 4) is 11.1 Å². The molecule has 0 aliphatic rings. The molecule has 1 atom stereocenters. The Labute approximate surface area is 122 Å². The van der Waals surface area contributed by atoms with Crippen molar-refractivity contribution < 1.29 is 0 Å². The molecule has 1 aromatic heterocycles. The lowest BCUT2D eigenvalue weighted by Gasteiger charge is -2.08. The number of rotatable bonds is 4. The smallest absolute Gasteiger partial charge is 0.0788 e. The molecule has 4 heteroatoms. The standard InChI is InChI=1S/C16H17N3S/c17-9-8-14(18)16-13-10-12(6-7-15(13)20-19-16)11-4-2-1-3-5-11/h1-7,10,14H,8-9,17-18H2. The summed E-state index contributed by atoms with van der Waals surface area (Å²) in [5.74, 6) is 0. The van der Waals surface area contributed by atoms with Gasteiger partial charge in [0.25, 0.3) is 0 Å². The lowest BCUT2D eigenvalue weighted by atomic mass is 10.0. The van der Waals surface area contributed by atoms with E-state index in [9.17, 15) is 0 Å². The molecule has 3 aromatic rings. The predicted molar refractivity (Wildman–Crippen MR) is 85.7 cm³/mol. The van der Waals surface area contributed by atoms with Gasteiger partial charge in [0.2, 0.25) is 0 Å². The van der Waals surface area contributed by atoms with Crippen molar-refractivity contribution in [3.05, 3.63) is 54.2 Å². The molecule has 0 fully saturated rings. The highest BCUT2D eigenvalue weighted by Gasteiger charge is 2.14. The van der Waals surface area contributed by atoms with E-state index in [4.69, 9.17) is 11.5 Å². The van der Waals surface area contributed by atoms with Gasteiger partial charge >= 0.3 is 0 Å². The lowest BCUT2D eigenvalue weighted by molar-refractivity contribution is 0.654. The highest BCUT2D eigenvalue weighted by atomic mass is 32.1. The van der Waals surface area contributed by atoms with Crippen LogP contribution < -0.4 is 11.5 Å². The van der Waals surface area contributed by atoms with Crippen LogP contribution in [0.1, 0.15) is 18.2 Å². The van der Waals surface area contributed by atoms with E-state index in [-0.39, 0.29) is 6.04 Å². The summed E-state index contributed by atoms with van der Waals surface area (Å²) in [7, 11) is 0. The summed E-state index contributed by atoms with van der Waals surface area (Å²) in [5, 5.41) is 1.15. The zero-order valence-corrected chi connectivity index (χ0v) is 11.9. The molecule has 0 aliphatic carbocycles. The topological polar surface area (TPSA) is 64.9 Å². The van der Waals surface area contributed by atoms with E-state index in [2.05, 4.69) is 34.7 Å². The minimum atomic E-state index is -0.0835. The van der Waals surface area contributed by atoms with Crippen LogP contribution in [0, 0.1) is 0 Å². The maximum Gasteiger partial charge on any atom is 0.0788 e. The first-order valence-corrected chi connectivity index (χ1v) is 7.47. The molecule has 0 amide bonds.